The van der Waals surface area contributed by atoms with E-state index in [1.54, 1.807) is 12.4 Å². The van der Waals surface area contributed by atoms with Crippen molar-refractivity contribution in [3.05, 3.63) is 54.0 Å². The van der Waals surface area contributed by atoms with Crippen LogP contribution in [0.3, 0.4) is 0 Å². The highest BCUT2D eigenvalue weighted by Crippen LogP contribution is 2.21. The van der Waals surface area contributed by atoms with E-state index in [1.165, 1.54) is 5.56 Å². The molecule has 0 unspecified atom stereocenters. The van der Waals surface area contributed by atoms with Crippen LogP contribution in [-0.2, 0) is 11.2 Å². The Balaban J connectivity index is 1.44. The van der Waals surface area contributed by atoms with Crippen molar-refractivity contribution in [3.8, 4) is 6.07 Å². The van der Waals surface area contributed by atoms with Gasteiger partial charge in [-0.15, -0.1) is 0 Å². The lowest BCUT2D eigenvalue weighted by atomic mass is 10.1. The first kappa shape index (κ1) is 15.4. The summed E-state index contributed by atoms with van der Waals surface area (Å²) in [5.41, 5.74) is 1.74. The quantitative estimate of drug-likeness (QED) is 0.768. The van der Waals surface area contributed by atoms with Gasteiger partial charge in [-0.05, 0) is 24.8 Å². The number of nitriles is 1. The van der Waals surface area contributed by atoms with Crippen LogP contribution in [-0.4, -0.2) is 35.8 Å². The van der Waals surface area contributed by atoms with E-state index in [0.29, 0.717) is 11.5 Å². The van der Waals surface area contributed by atoms with Crippen molar-refractivity contribution in [1.82, 2.24) is 9.97 Å². The fourth-order valence-corrected chi connectivity index (χ4v) is 2.87. The molecule has 1 fully saturated rings. The number of aromatic nitrogens is 2. The maximum Gasteiger partial charge on any atom is 0.183 e. The molecule has 0 spiro atoms. The van der Waals surface area contributed by atoms with Crippen LogP contribution in [0.1, 0.15) is 24.1 Å². The molecule has 2 aromatic rings. The first-order valence-corrected chi connectivity index (χ1v) is 7.98. The Hall–Kier alpha value is -2.45. The molecule has 2 heterocycles. The smallest absolute Gasteiger partial charge is 0.183 e. The third-order valence-corrected chi connectivity index (χ3v) is 4.04. The summed E-state index contributed by atoms with van der Waals surface area (Å²) < 4.78 is 5.98. The normalized spacial score (nSPS) is 17.2. The Labute approximate surface area is 136 Å². The predicted molar refractivity (Wildman–Crippen MR) is 88.1 cm³/mol. The van der Waals surface area contributed by atoms with E-state index in [-0.39, 0.29) is 6.10 Å². The van der Waals surface area contributed by atoms with Crippen LogP contribution in [0.25, 0.3) is 0 Å². The number of ether oxygens (including phenoxy) is 1. The van der Waals surface area contributed by atoms with Gasteiger partial charge in [-0.2, -0.15) is 5.26 Å². The molecule has 0 radical (unpaired) electrons. The van der Waals surface area contributed by atoms with E-state index < -0.39 is 0 Å². The van der Waals surface area contributed by atoms with Gasteiger partial charge in [0.1, 0.15) is 6.07 Å². The second kappa shape index (κ2) is 7.70. The molecule has 3 rings (SSSR count). The monoisotopic (exact) mass is 308 g/mol. The topological polar surface area (TPSA) is 62.0 Å². The molecule has 5 heteroatoms. The fraction of sp³-hybridized carbons (Fsp3) is 0.389. The number of rotatable bonds is 6. The third-order valence-electron chi connectivity index (χ3n) is 4.04. The van der Waals surface area contributed by atoms with E-state index in [0.717, 1.165) is 39.0 Å². The average molecular weight is 308 g/mol. The van der Waals surface area contributed by atoms with Crippen LogP contribution < -0.4 is 4.90 Å². The highest BCUT2D eigenvalue weighted by atomic mass is 16.5. The molecule has 1 aliphatic rings. The summed E-state index contributed by atoms with van der Waals surface area (Å²) in [6.07, 6.45) is 6.42. The molecule has 0 aliphatic carbocycles. The van der Waals surface area contributed by atoms with Gasteiger partial charge < -0.3 is 9.64 Å². The van der Waals surface area contributed by atoms with E-state index >= 15 is 0 Å². The molecule has 0 saturated carbocycles. The van der Waals surface area contributed by atoms with Gasteiger partial charge in [0.05, 0.1) is 6.10 Å². The Bertz CT molecular complexity index is 668. The Morgan fingerprint density at radius 3 is 2.87 bits per heavy atom. The first-order chi connectivity index (χ1) is 11.4. The van der Waals surface area contributed by atoms with Gasteiger partial charge in [-0.25, -0.2) is 9.97 Å². The number of hydrogen-bond acceptors (Lipinski definition) is 5. The summed E-state index contributed by atoms with van der Waals surface area (Å²) in [6.45, 7) is 2.40. The molecule has 1 aromatic heterocycles. The maximum absolute atomic E-state index is 9.12. The number of hydrogen-bond donors (Lipinski definition) is 0. The number of nitrogens with zero attached hydrogens (tertiary/aromatic N) is 4. The molecule has 1 aliphatic heterocycles. The van der Waals surface area contributed by atoms with Gasteiger partial charge in [-0.1, -0.05) is 30.3 Å². The molecule has 23 heavy (non-hydrogen) atoms. The molecule has 118 valence electrons. The fourth-order valence-electron chi connectivity index (χ4n) is 2.87. The van der Waals surface area contributed by atoms with Gasteiger partial charge in [0.15, 0.2) is 11.5 Å². The lowest BCUT2D eigenvalue weighted by Crippen LogP contribution is -2.25. The second-order valence-electron chi connectivity index (χ2n) is 5.66. The molecule has 1 saturated heterocycles. The maximum atomic E-state index is 9.12. The summed E-state index contributed by atoms with van der Waals surface area (Å²) in [6, 6.07) is 12.6. The zero-order chi connectivity index (χ0) is 15.9. The van der Waals surface area contributed by atoms with Crippen molar-refractivity contribution in [1.29, 1.82) is 5.26 Å². The molecular weight excluding hydrogens is 288 g/mol. The summed E-state index contributed by atoms with van der Waals surface area (Å²) in [7, 11) is 0. The molecule has 0 N–H and O–H groups in total. The van der Waals surface area contributed by atoms with Crippen molar-refractivity contribution in [2.24, 2.45) is 0 Å². The minimum Gasteiger partial charge on any atom is -0.376 e. The summed E-state index contributed by atoms with van der Waals surface area (Å²) in [5.74, 6) is 0.672. The van der Waals surface area contributed by atoms with Crippen LogP contribution in [0.15, 0.2) is 42.7 Å². The van der Waals surface area contributed by atoms with Gasteiger partial charge >= 0.3 is 0 Å². The Morgan fingerprint density at radius 2 is 2.04 bits per heavy atom. The van der Waals surface area contributed by atoms with Crippen molar-refractivity contribution >= 4 is 5.82 Å². The van der Waals surface area contributed by atoms with Crippen LogP contribution in [0.2, 0.25) is 0 Å². The Morgan fingerprint density at radius 1 is 1.22 bits per heavy atom. The molecule has 0 amide bonds. The number of aryl methyl sites for hydroxylation is 1. The SMILES string of the molecule is N#Cc1nccnc1N1CC[C@@H](OCCCc2ccccc2)C1. The van der Waals surface area contributed by atoms with Crippen molar-refractivity contribution in [2.75, 3.05) is 24.6 Å². The third kappa shape index (κ3) is 4.05. The highest BCUT2D eigenvalue weighted by Gasteiger charge is 2.25. The zero-order valence-corrected chi connectivity index (χ0v) is 13.1. The minimum atomic E-state index is 0.208. The van der Waals surface area contributed by atoms with Crippen molar-refractivity contribution in [3.63, 3.8) is 0 Å². The summed E-state index contributed by atoms with van der Waals surface area (Å²) in [4.78, 5) is 10.4. The van der Waals surface area contributed by atoms with E-state index in [4.69, 9.17) is 10.00 Å². The standard InChI is InChI=1S/C18H20N4O/c19-13-17-18(21-10-9-20-17)22-11-8-16(14-22)23-12-4-7-15-5-2-1-3-6-15/h1-3,5-6,9-10,16H,4,7-8,11-12,14H2/t16-/m1/s1. The molecule has 1 atom stereocenters. The van der Waals surface area contributed by atoms with Crippen LogP contribution in [0, 0.1) is 11.3 Å². The van der Waals surface area contributed by atoms with E-state index in [2.05, 4.69) is 45.2 Å². The van der Waals surface area contributed by atoms with Crippen LogP contribution in [0.4, 0.5) is 5.82 Å². The largest absolute Gasteiger partial charge is 0.376 e. The molecular formula is C18H20N4O. The average Bonchev–Trinajstić information content (AvgIpc) is 3.08. The zero-order valence-electron chi connectivity index (χ0n) is 13.1. The second-order valence-corrected chi connectivity index (χ2v) is 5.66. The number of anilines is 1. The minimum absolute atomic E-state index is 0.208. The van der Waals surface area contributed by atoms with Crippen LogP contribution >= 0.6 is 0 Å². The van der Waals surface area contributed by atoms with Gasteiger partial charge in [0, 0.05) is 32.1 Å². The lowest BCUT2D eigenvalue weighted by molar-refractivity contribution is 0.0666. The highest BCUT2D eigenvalue weighted by molar-refractivity contribution is 5.50. The lowest BCUT2D eigenvalue weighted by Gasteiger charge is -2.17. The van der Waals surface area contributed by atoms with Gasteiger partial charge in [0.2, 0.25) is 0 Å². The van der Waals surface area contributed by atoms with Gasteiger partial charge in [-0.3, -0.25) is 0 Å². The van der Waals surface area contributed by atoms with Crippen molar-refractivity contribution in [2.45, 2.75) is 25.4 Å². The number of benzene rings is 1. The van der Waals surface area contributed by atoms with E-state index in [1.807, 2.05) is 6.07 Å². The molecule has 1 aromatic carbocycles. The van der Waals surface area contributed by atoms with Crippen LogP contribution in [0.5, 0.6) is 0 Å². The van der Waals surface area contributed by atoms with Crippen molar-refractivity contribution < 1.29 is 4.74 Å². The molecule has 5 nitrogen and oxygen atoms in total. The summed E-state index contributed by atoms with van der Waals surface area (Å²) >= 11 is 0. The van der Waals surface area contributed by atoms with E-state index in [9.17, 15) is 0 Å². The predicted octanol–water partition coefficient (Wildman–Crippen LogP) is 2.58. The summed E-state index contributed by atoms with van der Waals surface area (Å²) in [5, 5.41) is 9.12. The van der Waals surface area contributed by atoms with Gasteiger partial charge in [0.25, 0.3) is 0 Å². The Kier molecular flexibility index (Phi) is 5.17. The molecule has 0 bridgehead atoms. The first-order valence-electron chi connectivity index (χ1n) is 7.98.